The number of carbonyl (C=O) groups is 2. The molecule has 1 aromatic rings. The van der Waals surface area contributed by atoms with E-state index in [0.717, 1.165) is 5.69 Å². The van der Waals surface area contributed by atoms with Crippen LogP contribution in [0.1, 0.15) is 31.1 Å². The van der Waals surface area contributed by atoms with E-state index in [-0.39, 0.29) is 23.6 Å². The first kappa shape index (κ1) is 15.2. The summed E-state index contributed by atoms with van der Waals surface area (Å²) >= 11 is 0. The van der Waals surface area contributed by atoms with Gasteiger partial charge in [0.1, 0.15) is 0 Å². The third-order valence-electron chi connectivity index (χ3n) is 3.10. The molecular formula is C15H21NO3. The highest BCUT2D eigenvalue weighted by Crippen LogP contribution is 2.16. The molecule has 19 heavy (non-hydrogen) atoms. The predicted octanol–water partition coefficient (Wildman–Crippen LogP) is 2.75. The molecule has 0 aliphatic heterocycles. The number of ketones is 1. The standard InChI is InChI=1S/C15H21NO3/c1-10(2)14(15(18)19-4)9-16-13-7-5-6-12(8-13)11(3)17/h5-8,10,14,16H,9H2,1-4H3. The first-order chi connectivity index (χ1) is 8.95. The van der Waals surface area contributed by atoms with E-state index in [0.29, 0.717) is 12.1 Å². The maximum absolute atomic E-state index is 11.6. The molecule has 0 aromatic heterocycles. The van der Waals surface area contributed by atoms with Crippen molar-refractivity contribution in [3.8, 4) is 0 Å². The molecule has 1 unspecified atom stereocenters. The number of carbonyl (C=O) groups excluding carboxylic acids is 2. The van der Waals surface area contributed by atoms with Gasteiger partial charge < -0.3 is 10.1 Å². The summed E-state index contributed by atoms with van der Waals surface area (Å²) in [5, 5.41) is 3.18. The monoisotopic (exact) mass is 263 g/mol. The Hall–Kier alpha value is -1.84. The van der Waals surface area contributed by atoms with Gasteiger partial charge in [0.15, 0.2) is 5.78 Å². The van der Waals surface area contributed by atoms with Gasteiger partial charge in [-0.25, -0.2) is 0 Å². The largest absolute Gasteiger partial charge is 0.469 e. The lowest BCUT2D eigenvalue weighted by molar-refractivity contribution is -0.146. The lowest BCUT2D eigenvalue weighted by atomic mass is 9.96. The second-order valence-electron chi connectivity index (χ2n) is 4.89. The SMILES string of the molecule is COC(=O)C(CNc1cccc(C(C)=O)c1)C(C)C. The average molecular weight is 263 g/mol. The summed E-state index contributed by atoms with van der Waals surface area (Å²) in [5.41, 5.74) is 1.49. The van der Waals surface area contributed by atoms with Crippen molar-refractivity contribution in [3.63, 3.8) is 0 Å². The number of benzene rings is 1. The van der Waals surface area contributed by atoms with Gasteiger partial charge in [-0.3, -0.25) is 9.59 Å². The fourth-order valence-electron chi connectivity index (χ4n) is 1.82. The molecule has 1 aromatic carbocycles. The van der Waals surface area contributed by atoms with E-state index in [1.807, 2.05) is 26.0 Å². The zero-order valence-corrected chi connectivity index (χ0v) is 11.9. The maximum Gasteiger partial charge on any atom is 0.310 e. The zero-order chi connectivity index (χ0) is 14.4. The lowest BCUT2D eigenvalue weighted by Crippen LogP contribution is -2.28. The topological polar surface area (TPSA) is 55.4 Å². The Morgan fingerprint density at radius 1 is 1.32 bits per heavy atom. The van der Waals surface area contributed by atoms with Crippen molar-refractivity contribution in [3.05, 3.63) is 29.8 Å². The number of hydrogen-bond donors (Lipinski definition) is 1. The number of anilines is 1. The summed E-state index contributed by atoms with van der Waals surface area (Å²) in [7, 11) is 1.40. The smallest absolute Gasteiger partial charge is 0.310 e. The van der Waals surface area contributed by atoms with Crippen LogP contribution in [-0.4, -0.2) is 25.4 Å². The van der Waals surface area contributed by atoms with E-state index >= 15 is 0 Å². The van der Waals surface area contributed by atoms with Crippen molar-refractivity contribution >= 4 is 17.4 Å². The molecule has 0 radical (unpaired) electrons. The van der Waals surface area contributed by atoms with Crippen LogP contribution >= 0.6 is 0 Å². The van der Waals surface area contributed by atoms with E-state index in [2.05, 4.69) is 5.32 Å². The van der Waals surface area contributed by atoms with Crippen molar-refractivity contribution in [2.75, 3.05) is 19.0 Å². The number of methoxy groups -OCH3 is 1. The van der Waals surface area contributed by atoms with Crippen molar-refractivity contribution < 1.29 is 14.3 Å². The van der Waals surface area contributed by atoms with Crippen LogP contribution in [0.5, 0.6) is 0 Å². The van der Waals surface area contributed by atoms with Crippen LogP contribution in [0.3, 0.4) is 0 Å². The molecule has 0 saturated heterocycles. The molecule has 0 aliphatic rings. The summed E-state index contributed by atoms with van der Waals surface area (Å²) in [5.74, 6) is -0.204. The Morgan fingerprint density at radius 2 is 2.00 bits per heavy atom. The Labute approximate surface area is 114 Å². The van der Waals surface area contributed by atoms with Gasteiger partial charge in [0, 0.05) is 17.8 Å². The number of Topliss-reactive ketones (excluding diaryl/α,β-unsaturated/α-hetero) is 1. The first-order valence-electron chi connectivity index (χ1n) is 6.38. The summed E-state index contributed by atoms with van der Waals surface area (Å²) in [6, 6.07) is 7.26. The van der Waals surface area contributed by atoms with Crippen LogP contribution in [0.15, 0.2) is 24.3 Å². The van der Waals surface area contributed by atoms with E-state index < -0.39 is 0 Å². The molecule has 4 nitrogen and oxygen atoms in total. The molecule has 0 spiro atoms. The maximum atomic E-state index is 11.6. The van der Waals surface area contributed by atoms with Crippen LogP contribution in [0, 0.1) is 11.8 Å². The number of nitrogens with one attached hydrogen (secondary N) is 1. The summed E-state index contributed by atoms with van der Waals surface area (Å²) in [4.78, 5) is 22.9. The third kappa shape index (κ3) is 4.39. The molecule has 104 valence electrons. The summed E-state index contributed by atoms with van der Waals surface area (Å²) in [6.45, 7) is 5.99. The molecular weight excluding hydrogens is 242 g/mol. The van der Waals surface area contributed by atoms with Crippen molar-refractivity contribution in [1.82, 2.24) is 0 Å². The summed E-state index contributed by atoms with van der Waals surface area (Å²) in [6.07, 6.45) is 0. The minimum Gasteiger partial charge on any atom is -0.469 e. The van der Waals surface area contributed by atoms with E-state index in [1.54, 1.807) is 12.1 Å². The second kappa shape index (κ2) is 6.92. The fraction of sp³-hybridized carbons (Fsp3) is 0.467. The molecule has 0 heterocycles. The first-order valence-corrected chi connectivity index (χ1v) is 6.38. The highest BCUT2D eigenvalue weighted by molar-refractivity contribution is 5.94. The van der Waals surface area contributed by atoms with Gasteiger partial charge in [0.05, 0.1) is 13.0 Å². The number of rotatable bonds is 6. The van der Waals surface area contributed by atoms with Crippen molar-refractivity contribution in [1.29, 1.82) is 0 Å². The zero-order valence-electron chi connectivity index (χ0n) is 11.9. The highest BCUT2D eigenvalue weighted by atomic mass is 16.5. The Balaban J connectivity index is 2.71. The molecule has 0 bridgehead atoms. The van der Waals surface area contributed by atoms with E-state index in [9.17, 15) is 9.59 Å². The quantitative estimate of drug-likeness (QED) is 0.633. The Bertz CT molecular complexity index is 454. The Morgan fingerprint density at radius 3 is 2.53 bits per heavy atom. The number of ether oxygens (including phenoxy) is 1. The molecule has 0 fully saturated rings. The minimum absolute atomic E-state index is 0.0250. The molecule has 4 heteroatoms. The molecule has 0 amide bonds. The van der Waals surface area contributed by atoms with Gasteiger partial charge in [-0.15, -0.1) is 0 Å². The highest BCUT2D eigenvalue weighted by Gasteiger charge is 2.22. The molecule has 0 aliphatic carbocycles. The Kier molecular flexibility index (Phi) is 5.55. The molecule has 1 N–H and O–H groups in total. The predicted molar refractivity (Wildman–Crippen MR) is 75.3 cm³/mol. The number of esters is 1. The van der Waals surface area contributed by atoms with Crippen LogP contribution < -0.4 is 5.32 Å². The lowest BCUT2D eigenvalue weighted by Gasteiger charge is -2.19. The normalized spacial score (nSPS) is 12.1. The van der Waals surface area contributed by atoms with E-state index in [4.69, 9.17) is 4.74 Å². The van der Waals surface area contributed by atoms with Gasteiger partial charge >= 0.3 is 5.97 Å². The van der Waals surface area contributed by atoms with Crippen LogP contribution in [-0.2, 0) is 9.53 Å². The number of hydrogen-bond acceptors (Lipinski definition) is 4. The van der Waals surface area contributed by atoms with Crippen molar-refractivity contribution in [2.45, 2.75) is 20.8 Å². The minimum atomic E-state index is -0.217. The van der Waals surface area contributed by atoms with Crippen LogP contribution in [0.4, 0.5) is 5.69 Å². The van der Waals surface area contributed by atoms with Gasteiger partial charge in [0.25, 0.3) is 0 Å². The molecule has 0 saturated carbocycles. The van der Waals surface area contributed by atoms with Gasteiger partial charge in [-0.05, 0) is 25.0 Å². The van der Waals surface area contributed by atoms with Gasteiger partial charge in [-0.1, -0.05) is 26.0 Å². The van der Waals surface area contributed by atoms with E-state index in [1.165, 1.54) is 14.0 Å². The van der Waals surface area contributed by atoms with Crippen LogP contribution in [0.2, 0.25) is 0 Å². The summed E-state index contributed by atoms with van der Waals surface area (Å²) < 4.78 is 4.79. The third-order valence-corrected chi connectivity index (χ3v) is 3.10. The van der Waals surface area contributed by atoms with Gasteiger partial charge in [-0.2, -0.15) is 0 Å². The van der Waals surface area contributed by atoms with Crippen LogP contribution in [0.25, 0.3) is 0 Å². The average Bonchev–Trinajstić information content (AvgIpc) is 2.38. The van der Waals surface area contributed by atoms with Gasteiger partial charge in [0.2, 0.25) is 0 Å². The molecule has 1 atom stereocenters. The second-order valence-corrected chi connectivity index (χ2v) is 4.89. The fourth-order valence-corrected chi connectivity index (χ4v) is 1.82. The molecule has 1 rings (SSSR count). The van der Waals surface area contributed by atoms with Crippen molar-refractivity contribution in [2.24, 2.45) is 11.8 Å².